The molecule has 0 bridgehead atoms. The van der Waals surface area contributed by atoms with E-state index in [1.807, 2.05) is 97.1 Å². The Morgan fingerprint density at radius 1 is 0.703 bits per heavy atom. The number of hydrogen-bond acceptors (Lipinski definition) is 3. The maximum absolute atomic E-state index is 15.0. The van der Waals surface area contributed by atoms with E-state index >= 15 is 4.39 Å². The van der Waals surface area contributed by atoms with E-state index in [0.717, 1.165) is 29.9 Å². The van der Waals surface area contributed by atoms with Crippen molar-refractivity contribution in [1.82, 2.24) is 4.98 Å². The third-order valence-corrected chi connectivity index (χ3v) is 6.12. The normalized spacial score (nSPS) is 10.6. The van der Waals surface area contributed by atoms with Gasteiger partial charge in [-0.1, -0.05) is 66.7 Å². The quantitative estimate of drug-likeness (QED) is 0.239. The SMILES string of the molecule is O=C(Nc1ccc(NCCc2ccccn2)cc1)c1ccccc1-c1ccc(-c2ccccc2)c(F)c1. The number of aromatic nitrogens is 1. The molecule has 182 valence electrons. The zero-order valence-electron chi connectivity index (χ0n) is 20.2. The molecule has 0 atom stereocenters. The molecule has 0 fully saturated rings. The summed E-state index contributed by atoms with van der Waals surface area (Å²) in [4.78, 5) is 17.5. The van der Waals surface area contributed by atoms with E-state index in [4.69, 9.17) is 0 Å². The lowest BCUT2D eigenvalue weighted by Crippen LogP contribution is -2.13. The maximum Gasteiger partial charge on any atom is 0.256 e. The lowest BCUT2D eigenvalue weighted by atomic mass is 9.96. The molecule has 0 unspecified atom stereocenters. The topological polar surface area (TPSA) is 54.0 Å². The van der Waals surface area contributed by atoms with Crippen LogP contribution in [0.25, 0.3) is 22.3 Å². The van der Waals surface area contributed by atoms with Crippen LogP contribution in [0, 0.1) is 5.82 Å². The summed E-state index contributed by atoms with van der Waals surface area (Å²) < 4.78 is 15.0. The van der Waals surface area contributed by atoms with Crippen molar-refractivity contribution in [3.8, 4) is 22.3 Å². The summed E-state index contributed by atoms with van der Waals surface area (Å²) in [6, 6.07) is 35.2. The van der Waals surface area contributed by atoms with Crippen molar-refractivity contribution >= 4 is 17.3 Å². The predicted octanol–water partition coefficient (Wildman–Crippen LogP) is 7.46. The van der Waals surface area contributed by atoms with E-state index in [1.54, 1.807) is 18.3 Å². The van der Waals surface area contributed by atoms with Gasteiger partial charge in [0.2, 0.25) is 0 Å². The second kappa shape index (κ2) is 11.3. The Morgan fingerprint density at radius 3 is 2.19 bits per heavy atom. The number of carbonyl (C=O) groups excluding carboxylic acids is 1. The maximum atomic E-state index is 15.0. The molecule has 0 saturated heterocycles. The van der Waals surface area contributed by atoms with Gasteiger partial charge in [0.15, 0.2) is 0 Å². The average Bonchev–Trinajstić information content (AvgIpc) is 2.95. The number of hydrogen-bond donors (Lipinski definition) is 2. The molecule has 1 aromatic heterocycles. The molecule has 4 nitrogen and oxygen atoms in total. The van der Waals surface area contributed by atoms with Crippen molar-refractivity contribution in [1.29, 1.82) is 0 Å². The molecule has 1 amide bonds. The molecular formula is C32H26FN3O. The fourth-order valence-electron chi connectivity index (χ4n) is 4.22. The van der Waals surface area contributed by atoms with Gasteiger partial charge in [-0.05, 0) is 65.2 Å². The number of nitrogens with one attached hydrogen (secondary N) is 2. The highest BCUT2D eigenvalue weighted by Crippen LogP contribution is 2.30. The molecule has 37 heavy (non-hydrogen) atoms. The molecule has 5 rings (SSSR count). The highest BCUT2D eigenvalue weighted by Gasteiger charge is 2.15. The highest BCUT2D eigenvalue weighted by atomic mass is 19.1. The number of pyridine rings is 1. The summed E-state index contributed by atoms with van der Waals surface area (Å²) >= 11 is 0. The molecule has 0 radical (unpaired) electrons. The summed E-state index contributed by atoms with van der Waals surface area (Å²) in [7, 11) is 0. The molecule has 0 aliphatic carbocycles. The molecule has 2 N–H and O–H groups in total. The number of halogens is 1. The number of nitrogens with zero attached hydrogens (tertiary/aromatic N) is 1. The van der Waals surface area contributed by atoms with Crippen LogP contribution < -0.4 is 10.6 Å². The Morgan fingerprint density at radius 2 is 1.43 bits per heavy atom. The minimum Gasteiger partial charge on any atom is -0.385 e. The Kier molecular flexibility index (Phi) is 7.32. The monoisotopic (exact) mass is 487 g/mol. The van der Waals surface area contributed by atoms with E-state index in [9.17, 15) is 4.79 Å². The van der Waals surface area contributed by atoms with Gasteiger partial charge >= 0.3 is 0 Å². The van der Waals surface area contributed by atoms with Crippen LogP contribution in [0.1, 0.15) is 16.1 Å². The first kappa shape index (κ1) is 23.9. The number of carbonyl (C=O) groups is 1. The first-order chi connectivity index (χ1) is 18.2. The van der Waals surface area contributed by atoms with Crippen molar-refractivity contribution in [2.24, 2.45) is 0 Å². The lowest BCUT2D eigenvalue weighted by Gasteiger charge is -2.13. The molecule has 1 heterocycles. The number of amides is 1. The minimum absolute atomic E-state index is 0.251. The Labute approximate surface area is 215 Å². The van der Waals surface area contributed by atoms with Crippen LogP contribution in [0.2, 0.25) is 0 Å². The largest absolute Gasteiger partial charge is 0.385 e. The summed E-state index contributed by atoms with van der Waals surface area (Å²) in [5, 5.41) is 6.33. The lowest BCUT2D eigenvalue weighted by molar-refractivity contribution is 0.102. The highest BCUT2D eigenvalue weighted by molar-refractivity contribution is 6.08. The van der Waals surface area contributed by atoms with Gasteiger partial charge in [0.05, 0.1) is 0 Å². The summed E-state index contributed by atoms with van der Waals surface area (Å²) in [5.74, 6) is -0.580. The van der Waals surface area contributed by atoms with Crippen molar-refractivity contribution in [3.05, 3.63) is 139 Å². The molecule has 0 spiro atoms. The third-order valence-electron chi connectivity index (χ3n) is 6.12. The molecule has 5 heteroatoms. The Balaban J connectivity index is 1.27. The summed E-state index contributed by atoms with van der Waals surface area (Å²) in [5.41, 5.74) is 5.82. The zero-order chi connectivity index (χ0) is 25.5. The second-order valence-electron chi connectivity index (χ2n) is 8.64. The van der Waals surface area contributed by atoms with Gasteiger partial charge in [0.1, 0.15) is 5.82 Å². The van der Waals surface area contributed by atoms with Crippen LogP contribution in [0.4, 0.5) is 15.8 Å². The molecule has 4 aromatic carbocycles. The van der Waals surface area contributed by atoms with E-state index in [2.05, 4.69) is 15.6 Å². The number of anilines is 2. The fraction of sp³-hybridized carbons (Fsp3) is 0.0625. The van der Waals surface area contributed by atoms with Crippen molar-refractivity contribution in [2.45, 2.75) is 6.42 Å². The van der Waals surface area contributed by atoms with Gasteiger partial charge in [-0.15, -0.1) is 0 Å². The summed E-state index contributed by atoms with van der Waals surface area (Å²) in [6.45, 7) is 0.760. The Hall–Kier alpha value is -4.77. The van der Waals surface area contributed by atoms with E-state index in [1.165, 1.54) is 6.07 Å². The first-order valence-corrected chi connectivity index (χ1v) is 12.2. The van der Waals surface area contributed by atoms with Gasteiger partial charge in [-0.3, -0.25) is 9.78 Å². The Bertz CT molecular complexity index is 1490. The van der Waals surface area contributed by atoms with E-state index < -0.39 is 0 Å². The van der Waals surface area contributed by atoms with Gasteiger partial charge in [0, 0.05) is 47.4 Å². The zero-order valence-corrected chi connectivity index (χ0v) is 20.2. The molecule has 0 saturated carbocycles. The van der Waals surface area contributed by atoms with Gasteiger partial charge in [-0.25, -0.2) is 4.39 Å². The smallest absolute Gasteiger partial charge is 0.256 e. The third kappa shape index (κ3) is 5.90. The van der Waals surface area contributed by atoms with Crippen molar-refractivity contribution in [3.63, 3.8) is 0 Å². The van der Waals surface area contributed by atoms with Crippen LogP contribution in [0.15, 0.2) is 121 Å². The first-order valence-electron chi connectivity index (χ1n) is 12.2. The molecule has 0 aliphatic heterocycles. The van der Waals surface area contributed by atoms with Crippen molar-refractivity contribution < 1.29 is 9.18 Å². The van der Waals surface area contributed by atoms with Gasteiger partial charge in [0.25, 0.3) is 5.91 Å². The van der Waals surface area contributed by atoms with E-state index in [0.29, 0.717) is 27.9 Å². The van der Waals surface area contributed by atoms with Crippen LogP contribution >= 0.6 is 0 Å². The van der Waals surface area contributed by atoms with Crippen LogP contribution in [-0.2, 0) is 6.42 Å². The molecule has 5 aromatic rings. The predicted molar refractivity (Wildman–Crippen MR) is 148 cm³/mol. The second-order valence-corrected chi connectivity index (χ2v) is 8.64. The number of benzene rings is 4. The number of rotatable bonds is 8. The standard InChI is InChI=1S/C32H26FN3O/c33-31-22-24(13-18-29(31)23-8-2-1-3-9-23)28-11-4-5-12-30(28)32(37)36-27-16-14-26(15-17-27)35-21-19-25-10-6-7-20-34-25/h1-18,20,22,35H,19,21H2,(H,36,37). The summed E-state index contributed by atoms with van der Waals surface area (Å²) in [6.07, 6.45) is 2.62. The minimum atomic E-state index is -0.329. The van der Waals surface area contributed by atoms with E-state index in [-0.39, 0.29) is 11.7 Å². The average molecular weight is 488 g/mol. The van der Waals surface area contributed by atoms with Gasteiger partial charge < -0.3 is 10.6 Å². The van der Waals surface area contributed by atoms with Crippen molar-refractivity contribution in [2.75, 3.05) is 17.2 Å². The van der Waals surface area contributed by atoms with Crippen LogP contribution in [0.3, 0.4) is 0 Å². The van der Waals surface area contributed by atoms with Gasteiger partial charge in [-0.2, -0.15) is 0 Å². The van der Waals surface area contributed by atoms with Crippen LogP contribution in [0.5, 0.6) is 0 Å². The fourth-order valence-corrected chi connectivity index (χ4v) is 4.22. The molecular weight excluding hydrogens is 461 g/mol. The molecule has 0 aliphatic rings. The van der Waals surface area contributed by atoms with Crippen LogP contribution in [-0.4, -0.2) is 17.4 Å².